The van der Waals surface area contributed by atoms with Crippen molar-refractivity contribution in [1.82, 2.24) is 14.8 Å². The van der Waals surface area contributed by atoms with Crippen LogP contribution in [0.1, 0.15) is 23.8 Å². The molecule has 2 amide bonds. The first-order chi connectivity index (χ1) is 16.1. The van der Waals surface area contributed by atoms with Crippen LogP contribution in [0.3, 0.4) is 0 Å². The number of aromatic nitrogens is 3. The van der Waals surface area contributed by atoms with Crippen molar-refractivity contribution in [2.45, 2.75) is 23.1 Å². The monoisotopic (exact) mass is 457 g/mol. The first kappa shape index (κ1) is 22.3. The Balaban J connectivity index is 1.43. The van der Waals surface area contributed by atoms with Gasteiger partial charge < -0.3 is 10.6 Å². The molecule has 0 spiro atoms. The summed E-state index contributed by atoms with van der Waals surface area (Å²) in [6.07, 6.45) is 2.89. The quantitative estimate of drug-likeness (QED) is 0.366. The van der Waals surface area contributed by atoms with Crippen LogP contribution >= 0.6 is 11.8 Å². The Kier molecular flexibility index (Phi) is 7.16. The molecule has 166 valence electrons. The number of anilines is 2. The van der Waals surface area contributed by atoms with E-state index >= 15 is 0 Å². The van der Waals surface area contributed by atoms with E-state index in [4.69, 9.17) is 0 Å². The smallest absolute Gasteiger partial charge is 0.249 e. The molecule has 0 saturated carbocycles. The van der Waals surface area contributed by atoms with Crippen LogP contribution < -0.4 is 10.6 Å². The average Bonchev–Trinajstić information content (AvgIpc) is 3.39. The lowest BCUT2D eigenvalue weighted by atomic mass is 10.1. The van der Waals surface area contributed by atoms with E-state index in [1.165, 1.54) is 29.1 Å². The molecule has 4 aromatic rings. The van der Waals surface area contributed by atoms with Crippen molar-refractivity contribution in [2.24, 2.45) is 0 Å². The fourth-order valence-corrected chi connectivity index (χ4v) is 4.21. The molecule has 33 heavy (non-hydrogen) atoms. The molecule has 3 aromatic carbocycles. The van der Waals surface area contributed by atoms with Crippen LogP contribution in [0, 0.1) is 0 Å². The predicted molar refractivity (Wildman–Crippen MR) is 130 cm³/mol. The molecule has 4 rings (SSSR count). The second kappa shape index (κ2) is 10.6. The van der Waals surface area contributed by atoms with Gasteiger partial charge in [-0.3, -0.25) is 9.59 Å². The van der Waals surface area contributed by atoms with E-state index in [1.807, 2.05) is 60.7 Å². The Morgan fingerprint density at radius 3 is 1.97 bits per heavy atom. The van der Waals surface area contributed by atoms with E-state index < -0.39 is 11.3 Å². The summed E-state index contributed by atoms with van der Waals surface area (Å²) in [4.78, 5) is 30.5. The molecule has 1 heterocycles. The third-order valence-corrected chi connectivity index (χ3v) is 6.24. The first-order valence-electron chi connectivity index (χ1n) is 10.4. The van der Waals surface area contributed by atoms with Crippen molar-refractivity contribution in [3.8, 4) is 0 Å². The molecule has 2 N–H and O–H groups in total. The summed E-state index contributed by atoms with van der Waals surface area (Å²) in [6, 6.07) is 26.1. The van der Waals surface area contributed by atoms with Gasteiger partial charge in [0.15, 0.2) is 0 Å². The Hall–Kier alpha value is -3.91. The van der Waals surface area contributed by atoms with Gasteiger partial charge in [-0.1, -0.05) is 48.5 Å². The average molecular weight is 458 g/mol. The van der Waals surface area contributed by atoms with Crippen molar-refractivity contribution in [3.05, 3.63) is 103 Å². The summed E-state index contributed by atoms with van der Waals surface area (Å²) in [5.41, 5.74) is 2.20. The number of nitrogens with zero attached hydrogens (tertiary/aromatic N) is 3. The topological polar surface area (TPSA) is 88.9 Å². The van der Waals surface area contributed by atoms with Crippen molar-refractivity contribution in [1.29, 1.82) is 0 Å². The largest absolute Gasteiger partial charge is 0.325 e. The Labute approximate surface area is 196 Å². The van der Waals surface area contributed by atoms with Crippen molar-refractivity contribution >= 4 is 35.0 Å². The van der Waals surface area contributed by atoms with Crippen molar-refractivity contribution in [2.75, 3.05) is 10.6 Å². The molecular formula is C25H23N5O2S. The minimum Gasteiger partial charge on any atom is -0.325 e. The van der Waals surface area contributed by atoms with Gasteiger partial charge in [0.1, 0.15) is 23.9 Å². The van der Waals surface area contributed by atoms with Gasteiger partial charge in [0.2, 0.25) is 11.8 Å². The molecule has 0 bridgehead atoms. The van der Waals surface area contributed by atoms with Crippen LogP contribution in [0.4, 0.5) is 11.4 Å². The number of amides is 2. The molecule has 0 fully saturated rings. The van der Waals surface area contributed by atoms with Gasteiger partial charge in [-0.15, -0.1) is 11.8 Å². The van der Waals surface area contributed by atoms with Crippen LogP contribution in [0.5, 0.6) is 0 Å². The van der Waals surface area contributed by atoms with Gasteiger partial charge in [-0.25, -0.2) is 9.67 Å². The Morgan fingerprint density at radius 1 is 0.818 bits per heavy atom. The van der Waals surface area contributed by atoms with Gasteiger partial charge in [-0.05, 0) is 48.9 Å². The lowest BCUT2D eigenvalue weighted by molar-refractivity contribution is -0.119. The summed E-state index contributed by atoms with van der Waals surface area (Å²) in [7, 11) is 0. The maximum atomic E-state index is 13.2. The summed E-state index contributed by atoms with van der Waals surface area (Å²) in [5.74, 6) is -0.327. The highest BCUT2D eigenvalue weighted by molar-refractivity contribution is 8.00. The minimum absolute atomic E-state index is 0.119. The van der Waals surface area contributed by atoms with Gasteiger partial charge >= 0.3 is 0 Å². The molecule has 0 radical (unpaired) electrons. The number of benzene rings is 3. The number of thioether (sulfide) groups is 1. The summed E-state index contributed by atoms with van der Waals surface area (Å²) in [5, 5.41) is 9.43. The van der Waals surface area contributed by atoms with Gasteiger partial charge in [0, 0.05) is 16.3 Å². The maximum absolute atomic E-state index is 13.2. The number of hydrogen-bond acceptors (Lipinski definition) is 5. The van der Waals surface area contributed by atoms with Crippen LogP contribution in [-0.2, 0) is 9.59 Å². The lowest BCUT2D eigenvalue weighted by Crippen LogP contribution is -2.24. The maximum Gasteiger partial charge on any atom is 0.249 e. The number of rotatable bonds is 8. The zero-order valence-electron chi connectivity index (χ0n) is 18.0. The zero-order valence-corrected chi connectivity index (χ0v) is 18.8. The normalized spacial score (nSPS) is 12.5. The summed E-state index contributed by atoms with van der Waals surface area (Å²) >= 11 is 1.50. The van der Waals surface area contributed by atoms with E-state index in [1.54, 1.807) is 31.2 Å². The van der Waals surface area contributed by atoms with E-state index in [0.717, 1.165) is 10.5 Å². The van der Waals surface area contributed by atoms with Crippen LogP contribution in [-0.4, -0.2) is 26.6 Å². The highest BCUT2D eigenvalue weighted by Crippen LogP contribution is 2.36. The molecule has 1 aromatic heterocycles. The number of carbonyl (C=O) groups excluding carboxylic acids is 2. The Morgan fingerprint density at radius 2 is 1.39 bits per heavy atom. The molecule has 8 heteroatoms. The second-order valence-electron chi connectivity index (χ2n) is 7.33. The van der Waals surface area contributed by atoms with Crippen molar-refractivity contribution < 1.29 is 9.59 Å². The highest BCUT2D eigenvalue weighted by atomic mass is 32.2. The highest BCUT2D eigenvalue weighted by Gasteiger charge is 2.22. The molecule has 0 saturated heterocycles. The van der Waals surface area contributed by atoms with Crippen molar-refractivity contribution in [3.63, 3.8) is 0 Å². The van der Waals surface area contributed by atoms with E-state index in [9.17, 15) is 9.59 Å². The van der Waals surface area contributed by atoms with Gasteiger partial charge in [0.25, 0.3) is 0 Å². The van der Waals surface area contributed by atoms with E-state index in [2.05, 4.69) is 20.7 Å². The fourth-order valence-electron chi connectivity index (χ4n) is 3.16. The molecular weight excluding hydrogens is 434 g/mol. The minimum atomic E-state index is -0.492. The standard InChI is InChI=1S/C25H23N5O2S/c1-18(30-17-26-16-27-30)24(31)28-20-12-14-21(15-13-20)29-25(32)23(19-8-4-2-5-9-19)33-22-10-6-3-7-11-22/h2-18,23H,1H3,(H,28,31)(H,29,32). The van der Waals surface area contributed by atoms with E-state index in [0.29, 0.717) is 11.4 Å². The Bertz CT molecular complexity index is 1180. The molecule has 2 unspecified atom stereocenters. The molecule has 0 aliphatic rings. The molecule has 7 nitrogen and oxygen atoms in total. The number of nitrogens with one attached hydrogen (secondary N) is 2. The lowest BCUT2D eigenvalue weighted by Gasteiger charge is -2.17. The third kappa shape index (κ3) is 5.87. The predicted octanol–water partition coefficient (Wildman–Crippen LogP) is 4.95. The SMILES string of the molecule is CC(C(=O)Nc1ccc(NC(=O)C(Sc2ccccc2)c2ccccc2)cc1)n1cncn1. The first-order valence-corrected chi connectivity index (χ1v) is 11.3. The fraction of sp³-hybridized carbons (Fsp3) is 0.120. The van der Waals surface area contributed by atoms with Crippen LogP contribution in [0.25, 0.3) is 0 Å². The molecule has 0 aliphatic heterocycles. The second-order valence-corrected chi connectivity index (χ2v) is 8.51. The van der Waals surface area contributed by atoms with Crippen LogP contribution in [0.2, 0.25) is 0 Å². The number of carbonyl (C=O) groups is 2. The molecule has 2 atom stereocenters. The number of hydrogen-bond donors (Lipinski definition) is 2. The molecule has 0 aliphatic carbocycles. The zero-order chi connectivity index (χ0) is 23.0. The van der Waals surface area contributed by atoms with Gasteiger partial charge in [-0.2, -0.15) is 5.10 Å². The van der Waals surface area contributed by atoms with E-state index in [-0.39, 0.29) is 11.8 Å². The summed E-state index contributed by atoms with van der Waals surface area (Å²) < 4.78 is 1.48. The van der Waals surface area contributed by atoms with Crippen LogP contribution in [0.15, 0.2) is 102 Å². The summed E-state index contributed by atoms with van der Waals surface area (Å²) in [6.45, 7) is 1.74. The third-order valence-electron chi connectivity index (χ3n) is 4.97. The van der Waals surface area contributed by atoms with Gasteiger partial charge in [0.05, 0.1) is 0 Å².